The first kappa shape index (κ1) is 9.27. The molecule has 1 unspecified atom stereocenters. The average molecular weight is 219 g/mol. The minimum atomic E-state index is 0.378. The van der Waals surface area contributed by atoms with Crippen LogP contribution in [0.4, 0.5) is 0 Å². The van der Waals surface area contributed by atoms with Crippen LogP contribution in [0.15, 0.2) is 12.2 Å². The summed E-state index contributed by atoms with van der Waals surface area (Å²) in [6.45, 7) is 0.878. The Labute approximate surface area is 76.9 Å². The largest absolute Gasteiger partial charge is 0.384 e. The Hall–Kier alpha value is 0.180. The van der Waals surface area contributed by atoms with E-state index in [1.54, 1.807) is 7.11 Å². The molecule has 0 aromatic heterocycles. The van der Waals surface area contributed by atoms with E-state index in [1.165, 1.54) is 12.8 Å². The molecule has 0 aromatic carbocycles. The van der Waals surface area contributed by atoms with Crippen LogP contribution in [0.2, 0.25) is 0 Å². The van der Waals surface area contributed by atoms with Gasteiger partial charge in [-0.2, -0.15) is 0 Å². The lowest BCUT2D eigenvalue weighted by Crippen LogP contribution is -2.29. The molecule has 1 rings (SSSR count). The van der Waals surface area contributed by atoms with Gasteiger partial charge in [-0.15, -0.1) is 0 Å². The van der Waals surface area contributed by atoms with Crippen molar-refractivity contribution in [2.24, 2.45) is 5.41 Å². The summed E-state index contributed by atoms with van der Waals surface area (Å²) in [7, 11) is 1.78. The highest BCUT2D eigenvalue weighted by Gasteiger charge is 2.28. The normalized spacial score (nSPS) is 30.7. The molecule has 0 heterocycles. The van der Waals surface area contributed by atoms with Crippen molar-refractivity contribution >= 4 is 15.9 Å². The van der Waals surface area contributed by atoms with Crippen molar-refractivity contribution in [1.29, 1.82) is 0 Å². The molecule has 64 valence electrons. The van der Waals surface area contributed by atoms with Crippen LogP contribution in [0.25, 0.3) is 0 Å². The number of halogens is 1. The van der Waals surface area contributed by atoms with E-state index in [-0.39, 0.29) is 0 Å². The van der Waals surface area contributed by atoms with Crippen LogP contribution >= 0.6 is 15.9 Å². The second kappa shape index (κ2) is 4.27. The van der Waals surface area contributed by atoms with E-state index in [4.69, 9.17) is 4.74 Å². The zero-order valence-corrected chi connectivity index (χ0v) is 8.56. The van der Waals surface area contributed by atoms with Gasteiger partial charge in [-0.25, -0.2) is 0 Å². The number of hydrogen-bond acceptors (Lipinski definition) is 1. The molecule has 0 spiro atoms. The fourth-order valence-electron chi connectivity index (χ4n) is 1.54. The van der Waals surface area contributed by atoms with E-state index < -0.39 is 0 Å². The maximum absolute atomic E-state index is 5.21. The molecule has 2 heteroatoms. The van der Waals surface area contributed by atoms with Crippen molar-refractivity contribution in [3.8, 4) is 0 Å². The second-order valence-corrected chi connectivity index (χ2v) is 3.84. The SMILES string of the molecule is COCC1(CBr)CC=CCC1. The van der Waals surface area contributed by atoms with E-state index in [0.29, 0.717) is 5.41 Å². The number of hydrogen-bond donors (Lipinski definition) is 0. The van der Waals surface area contributed by atoms with Crippen molar-refractivity contribution in [3.05, 3.63) is 12.2 Å². The van der Waals surface area contributed by atoms with Crippen LogP contribution in [0.1, 0.15) is 19.3 Å². The molecule has 1 aliphatic carbocycles. The molecule has 0 aromatic rings. The fraction of sp³-hybridized carbons (Fsp3) is 0.778. The molecular formula is C9H15BrO. The molecule has 11 heavy (non-hydrogen) atoms. The fourth-order valence-corrected chi connectivity index (χ4v) is 2.21. The van der Waals surface area contributed by atoms with Gasteiger partial charge in [-0.05, 0) is 19.3 Å². The molecule has 1 atom stereocenters. The Morgan fingerprint density at radius 3 is 2.82 bits per heavy atom. The lowest BCUT2D eigenvalue weighted by atomic mass is 9.80. The topological polar surface area (TPSA) is 9.23 Å². The molecule has 0 aliphatic heterocycles. The van der Waals surface area contributed by atoms with Crippen molar-refractivity contribution in [2.75, 3.05) is 19.0 Å². The third-order valence-corrected chi connectivity index (χ3v) is 3.48. The maximum Gasteiger partial charge on any atom is 0.0529 e. The van der Waals surface area contributed by atoms with Gasteiger partial charge in [-0.3, -0.25) is 0 Å². The van der Waals surface area contributed by atoms with Gasteiger partial charge >= 0.3 is 0 Å². The second-order valence-electron chi connectivity index (χ2n) is 3.28. The summed E-state index contributed by atoms with van der Waals surface area (Å²) < 4.78 is 5.21. The van der Waals surface area contributed by atoms with Gasteiger partial charge in [0, 0.05) is 17.9 Å². The number of allylic oxidation sites excluding steroid dienone is 2. The molecule has 1 nitrogen and oxygen atoms in total. The summed E-state index contributed by atoms with van der Waals surface area (Å²) >= 11 is 3.56. The highest BCUT2D eigenvalue weighted by molar-refractivity contribution is 9.09. The highest BCUT2D eigenvalue weighted by atomic mass is 79.9. The first-order valence-electron chi connectivity index (χ1n) is 4.03. The monoisotopic (exact) mass is 218 g/mol. The minimum Gasteiger partial charge on any atom is -0.384 e. The maximum atomic E-state index is 5.21. The molecule has 1 aliphatic rings. The number of methoxy groups -OCH3 is 1. The summed E-state index contributed by atoms with van der Waals surface area (Å²) in [5.41, 5.74) is 0.378. The summed E-state index contributed by atoms with van der Waals surface area (Å²) in [5, 5.41) is 1.05. The van der Waals surface area contributed by atoms with Crippen molar-refractivity contribution in [3.63, 3.8) is 0 Å². The van der Waals surface area contributed by atoms with E-state index in [1.807, 2.05) is 0 Å². The minimum absolute atomic E-state index is 0.378. The van der Waals surface area contributed by atoms with Gasteiger partial charge < -0.3 is 4.74 Å². The third-order valence-electron chi connectivity index (χ3n) is 2.29. The van der Waals surface area contributed by atoms with Gasteiger partial charge in [0.15, 0.2) is 0 Å². The molecule has 0 radical (unpaired) electrons. The standard InChI is InChI=1S/C9H15BrO/c1-11-8-9(7-10)5-3-2-4-6-9/h2-3H,4-8H2,1H3. The molecule has 0 saturated carbocycles. The molecule has 0 bridgehead atoms. The summed E-state index contributed by atoms with van der Waals surface area (Å²) in [6.07, 6.45) is 8.14. The molecule has 0 fully saturated rings. The van der Waals surface area contributed by atoms with Crippen LogP contribution < -0.4 is 0 Å². The first-order chi connectivity index (χ1) is 5.33. The smallest absolute Gasteiger partial charge is 0.0529 e. The number of ether oxygens (including phenoxy) is 1. The summed E-state index contributed by atoms with van der Waals surface area (Å²) in [4.78, 5) is 0. The van der Waals surface area contributed by atoms with Gasteiger partial charge in [0.05, 0.1) is 6.61 Å². The van der Waals surface area contributed by atoms with Crippen LogP contribution in [-0.4, -0.2) is 19.0 Å². The lowest BCUT2D eigenvalue weighted by molar-refractivity contribution is 0.0893. The Morgan fingerprint density at radius 2 is 2.36 bits per heavy atom. The Bertz CT molecular complexity index is 144. The van der Waals surface area contributed by atoms with E-state index in [2.05, 4.69) is 28.1 Å². The van der Waals surface area contributed by atoms with Crippen LogP contribution in [-0.2, 0) is 4.74 Å². The molecule has 0 N–H and O–H groups in total. The average Bonchev–Trinajstić information content (AvgIpc) is 2.07. The van der Waals surface area contributed by atoms with Crippen molar-refractivity contribution in [2.45, 2.75) is 19.3 Å². The Balaban J connectivity index is 2.51. The lowest BCUT2D eigenvalue weighted by Gasteiger charge is -2.32. The van der Waals surface area contributed by atoms with Gasteiger partial charge in [-0.1, -0.05) is 28.1 Å². The quantitative estimate of drug-likeness (QED) is 0.523. The Kier molecular flexibility index (Phi) is 3.60. The van der Waals surface area contributed by atoms with E-state index >= 15 is 0 Å². The van der Waals surface area contributed by atoms with Gasteiger partial charge in [0.25, 0.3) is 0 Å². The Morgan fingerprint density at radius 1 is 1.55 bits per heavy atom. The van der Waals surface area contributed by atoms with Crippen molar-refractivity contribution < 1.29 is 4.74 Å². The van der Waals surface area contributed by atoms with E-state index in [9.17, 15) is 0 Å². The predicted molar refractivity (Wildman–Crippen MR) is 51.1 cm³/mol. The van der Waals surface area contributed by atoms with Crippen molar-refractivity contribution in [1.82, 2.24) is 0 Å². The highest BCUT2D eigenvalue weighted by Crippen LogP contribution is 2.34. The molecule has 0 saturated heterocycles. The predicted octanol–water partition coefficient (Wildman–Crippen LogP) is 2.75. The third kappa shape index (κ3) is 2.31. The van der Waals surface area contributed by atoms with Crippen LogP contribution in [0.5, 0.6) is 0 Å². The first-order valence-corrected chi connectivity index (χ1v) is 5.15. The summed E-state index contributed by atoms with van der Waals surface area (Å²) in [5.74, 6) is 0. The van der Waals surface area contributed by atoms with Crippen LogP contribution in [0.3, 0.4) is 0 Å². The zero-order chi connectivity index (χ0) is 8.16. The van der Waals surface area contributed by atoms with Gasteiger partial charge in [0.1, 0.15) is 0 Å². The number of alkyl halides is 1. The molecule has 0 amide bonds. The number of rotatable bonds is 3. The molecular weight excluding hydrogens is 204 g/mol. The zero-order valence-electron chi connectivity index (χ0n) is 6.98. The van der Waals surface area contributed by atoms with Gasteiger partial charge in [0.2, 0.25) is 0 Å². The van der Waals surface area contributed by atoms with Crippen LogP contribution in [0, 0.1) is 5.41 Å². The summed E-state index contributed by atoms with van der Waals surface area (Å²) in [6, 6.07) is 0. The van der Waals surface area contributed by atoms with E-state index in [0.717, 1.165) is 18.4 Å².